The highest BCUT2D eigenvalue weighted by atomic mass is 32.1. The Morgan fingerprint density at radius 2 is 1.69 bits per heavy atom. The first-order chi connectivity index (χ1) is 12.7. The van der Waals surface area contributed by atoms with Crippen LogP contribution in [0.3, 0.4) is 0 Å². The second kappa shape index (κ2) is 8.77. The van der Waals surface area contributed by atoms with Gasteiger partial charge in [-0.2, -0.15) is 0 Å². The van der Waals surface area contributed by atoms with Gasteiger partial charge in [-0.1, -0.05) is 48.5 Å². The van der Waals surface area contributed by atoms with Crippen molar-refractivity contribution >= 4 is 28.5 Å². The maximum absolute atomic E-state index is 12.0. The molecular weight excluding hydrogens is 350 g/mol. The van der Waals surface area contributed by atoms with Crippen molar-refractivity contribution in [1.82, 2.24) is 10.3 Å². The lowest BCUT2D eigenvalue weighted by atomic mass is 10.2. The molecule has 0 saturated heterocycles. The third-order valence-electron chi connectivity index (χ3n) is 3.40. The van der Waals surface area contributed by atoms with Gasteiger partial charge >= 0.3 is 6.09 Å². The van der Waals surface area contributed by atoms with E-state index in [1.807, 2.05) is 41.8 Å². The molecule has 0 bridgehead atoms. The first-order valence-electron chi connectivity index (χ1n) is 8.02. The molecule has 132 valence electrons. The van der Waals surface area contributed by atoms with Crippen LogP contribution in [-0.4, -0.2) is 23.5 Å². The number of hydrogen-bond donors (Lipinski definition) is 2. The van der Waals surface area contributed by atoms with Crippen molar-refractivity contribution in [1.29, 1.82) is 0 Å². The number of nitrogens with one attached hydrogen (secondary N) is 2. The van der Waals surface area contributed by atoms with Gasteiger partial charge in [0.05, 0.1) is 5.69 Å². The molecule has 1 heterocycles. The molecule has 0 atom stereocenters. The highest BCUT2D eigenvalue weighted by Crippen LogP contribution is 2.24. The van der Waals surface area contributed by atoms with E-state index in [0.717, 1.165) is 11.3 Å². The molecule has 1 aromatic heterocycles. The first-order valence-corrected chi connectivity index (χ1v) is 8.90. The summed E-state index contributed by atoms with van der Waals surface area (Å²) in [6, 6.07) is 18.5. The molecule has 0 fully saturated rings. The van der Waals surface area contributed by atoms with Crippen LogP contribution in [0.2, 0.25) is 0 Å². The monoisotopic (exact) mass is 367 g/mol. The molecule has 26 heavy (non-hydrogen) atoms. The quantitative estimate of drug-likeness (QED) is 0.692. The molecule has 2 aromatic carbocycles. The van der Waals surface area contributed by atoms with E-state index in [4.69, 9.17) is 4.74 Å². The fourth-order valence-electron chi connectivity index (χ4n) is 2.16. The number of benzene rings is 2. The lowest BCUT2D eigenvalue weighted by molar-refractivity contribution is -0.116. The molecule has 7 heteroatoms. The topological polar surface area (TPSA) is 80.3 Å². The van der Waals surface area contributed by atoms with Crippen molar-refractivity contribution in [3.05, 3.63) is 66.0 Å². The van der Waals surface area contributed by atoms with Gasteiger partial charge in [0.2, 0.25) is 5.91 Å². The Kier molecular flexibility index (Phi) is 5.95. The zero-order chi connectivity index (χ0) is 18.2. The van der Waals surface area contributed by atoms with E-state index in [2.05, 4.69) is 15.6 Å². The lowest BCUT2D eigenvalue weighted by Crippen LogP contribution is -2.30. The highest BCUT2D eigenvalue weighted by Gasteiger charge is 2.09. The SMILES string of the molecule is O=C(CCNC(=O)Oc1ccccc1)Nc1nc(-c2ccccc2)cs1. The fourth-order valence-corrected chi connectivity index (χ4v) is 2.90. The second-order valence-electron chi connectivity index (χ2n) is 5.33. The standard InChI is InChI=1S/C19H17N3O3S/c23-17(11-12-20-19(24)25-15-9-5-2-6-10-15)22-18-21-16(13-26-18)14-7-3-1-4-8-14/h1-10,13H,11-12H2,(H,20,24)(H,21,22,23). The van der Waals surface area contributed by atoms with Crippen molar-refractivity contribution in [2.24, 2.45) is 0 Å². The van der Waals surface area contributed by atoms with Crippen molar-refractivity contribution in [2.45, 2.75) is 6.42 Å². The van der Waals surface area contributed by atoms with Crippen LogP contribution in [0.5, 0.6) is 5.75 Å². The number of nitrogens with zero attached hydrogens (tertiary/aromatic N) is 1. The number of aromatic nitrogens is 1. The summed E-state index contributed by atoms with van der Waals surface area (Å²) in [6.07, 6.45) is -0.464. The van der Waals surface area contributed by atoms with Gasteiger partial charge in [-0.05, 0) is 12.1 Å². The molecule has 6 nitrogen and oxygen atoms in total. The summed E-state index contributed by atoms with van der Waals surface area (Å²) >= 11 is 1.36. The maximum Gasteiger partial charge on any atom is 0.412 e. The summed E-state index contributed by atoms with van der Waals surface area (Å²) in [5.74, 6) is 0.227. The predicted molar refractivity (Wildman–Crippen MR) is 101 cm³/mol. The van der Waals surface area contributed by atoms with Crippen molar-refractivity contribution in [3.63, 3.8) is 0 Å². The Balaban J connectivity index is 1.42. The van der Waals surface area contributed by atoms with Gasteiger partial charge in [-0.15, -0.1) is 11.3 Å². The maximum atomic E-state index is 12.0. The van der Waals surface area contributed by atoms with E-state index in [1.54, 1.807) is 24.3 Å². The van der Waals surface area contributed by atoms with Crippen molar-refractivity contribution < 1.29 is 14.3 Å². The Labute approximate surface area is 154 Å². The van der Waals surface area contributed by atoms with E-state index in [-0.39, 0.29) is 18.9 Å². The number of carbonyl (C=O) groups is 2. The molecule has 0 saturated carbocycles. The smallest absolute Gasteiger partial charge is 0.410 e. The van der Waals surface area contributed by atoms with Crippen LogP contribution in [0.4, 0.5) is 9.93 Å². The number of carbonyl (C=O) groups excluding carboxylic acids is 2. The fraction of sp³-hybridized carbons (Fsp3) is 0.105. The van der Waals surface area contributed by atoms with Gasteiger partial charge in [0.25, 0.3) is 0 Å². The van der Waals surface area contributed by atoms with Crippen LogP contribution in [0, 0.1) is 0 Å². The number of para-hydroxylation sites is 1. The summed E-state index contributed by atoms with van der Waals surface area (Å²) in [7, 11) is 0. The second-order valence-corrected chi connectivity index (χ2v) is 6.19. The molecule has 2 N–H and O–H groups in total. The van der Waals surface area contributed by atoms with E-state index in [1.165, 1.54) is 11.3 Å². The molecule has 3 rings (SSSR count). The van der Waals surface area contributed by atoms with Crippen LogP contribution >= 0.6 is 11.3 Å². The Hall–Kier alpha value is -3.19. The van der Waals surface area contributed by atoms with Gasteiger partial charge in [-0.25, -0.2) is 9.78 Å². The molecule has 0 aliphatic carbocycles. The predicted octanol–water partition coefficient (Wildman–Crippen LogP) is 3.93. The highest BCUT2D eigenvalue weighted by molar-refractivity contribution is 7.14. The number of hydrogen-bond acceptors (Lipinski definition) is 5. The average molecular weight is 367 g/mol. The van der Waals surface area contributed by atoms with Crippen molar-refractivity contribution in [3.8, 4) is 17.0 Å². The minimum atomic E-state index is -0.593. The summed E-state index contributed by atoms with van der Waals surface area (Å²) in [4.78, 5) is 28.0. The lowest BCUT2D eigenvalue weighted by Gasteiger charge is -2.06. The molecule has 0 radical (unpaired) electrons. The number of anilines is 1. The zero-order valence-electron chi connectivity index (χ0n) is 13.8. The van der Waals surface area contributed by atoms with E-state index < -0.39 is 6.09 Å². The van der Waals surface area contributed by atoms with E-state index in [9.17, 15) is 9.59 Å². The number of rotatable bonds is 6. The summed E-state index contributed by atoms with van der Waals surface area (Å²) in [5, 5.41) is 7.69. The average Bonchev–Trinajstić information content (AvgIpc) is 3.11. The van der Waals surface area contributed by atoms with Gasteiger partial charge in [0.15, 0.2) is 5.13 Å². The van der Waals surface area contributed by atoms with Crippen LogP contribution in [0.15, 0.2) is 66.0 Å². The molecular formula is C19H17N3O3S. The molecule has 3 aromatic rings. The van der Waals surface area contributed by atoms with Crippen LogP contribution in [0.25, 0.3) is 11.3 Å². The van der Waals surface area contributed by atoms with E-state index in [0.29, 0.717) is 10.9 Å². The van der Waals surface area contributed by atoms with Gasteiger partial charge in [0, 0.05) is 23.9 Å². The molecule has 0 aliphatic heterocycles. The molecule has 2 amide bonds. The van der Waals surface area contributed by atoms with Crippen molar-refractivity contribution in [2.75, 3.05) is 11.9 Å². The minimum absolute atomic E-state index is 0.129. The van der Waals surface area contributed by atoms with Gasteiger partial charge in [-0.3, -0.25) is 4.79 Å². The Bertz CT molecular complexity index is 866. The van der Waals surface area contributed by atoms with Crippen LogP contribution < -0.4 is 15.4 Å². The summed E-state index contributed by atoms with van der Waals surface area (Å²) < 4.78 is 5.07. The number of ether oxygens (including phenoxy) is 1. The van der Waals surface area contributed by atoms with E-state index >= 15 is 0 Å². The third kappa shape index (κ3) is 5.15. The Morgan fingerprint density at radius 3 is 2.42 bits per heavy atom. The van der Waals surface area contributed by atoms with Crippen LogP contribution in [0.1, 0.15) is 6.42 Å². The van der Waals surface area contributed by atoms with Gasteiger partial charge < -0.3 is 15.4 Å². The Morgan fingerprint density at radius 1 is 1.00 bits per heavy atom. The largest absolute Gasteiger partial charge is 0.412 e. The molecule has 0 aliphatic rings. The molecule has 0 unspecified atom stereocenters. The number of amides is 2. The summed E-state index contributed by atoms with van der Waals surface area (Å²) in [6.45, 7) is 0.175. The third-order valence-corrected chi connectivity index (χ3v) is 4.15. The zero-order valence-corrected chi connectivity index (χ0v) is 14.7. The molecule has 0 spiro atoms. The first kappa shape index (κ1) is 17.6. The number of thiazole rings is 1. The van der Waals surface area contributed by atoms with Crippen LogP contribution in [-0.2, 0) is 4.79 Å². The normalized spacial score (nSPS) is 10.2. The summed E-state index contributed by atoms with van der Waals surface area (Å²) in [5.41, 5.74) is 1.81. The van der Waals surface area contributed by atoms with Gasteiger partial charge in [0.1, 0.15) is 5.75 Å². The minimum Gasteiger partial charge on any atom is -0.410 e.